The van der Waals surface area contributed by atoms with Crippen molar-refractivity contribution < 1.29 is 4.79 Å². The maximum absolute atomic E-state index is 13.1. The molecule has 0 saturated carbocycles. The minimum Gasteiger partial charge on any atom is -0.342 e. The predicted molar refractivity (Wildman–Crippen MR) is 114 cm³/mol. The van der Waals surface area contributed by atoms with E-state index in [-0.39, 0.29) is 36.8 Å². The van der Waals surface area contributed by atoms with Gasteiger partial charge in [-0.1, -0.05) is 6.07 Å². The Morgan fingerprint density at radius 3 is 2.70 bits per heavy atom. The average Bonchev–Trinajstić information content (AvgIpc) is 2.90. The molecule has 7 heteroatoms. The van der Waals surface area contributed by atoms with E-state index in [1.165, 1.54) is 0 Å². The molecule has 3 heterocycles. The van der Waals surface area contributed by atoms with Crippen molar-refractivity contribution >= 4 is 30.7 Å². The topological polar surface area (TPSA) is 64.2 Å². The van der Waals surface area contributed by atoms with Crippen molar-refractivity contribution in [2.24, 2.45) is 11.7 Å². The summed E-state index contributed by atoms with van der Waals surface area (Å²) in [5.41, 5.74) is 9.97. The van der Waals surface area contributed by atoms with Crippen LogP contribution in [0.3, 0.4) is 0 Å². The Hall–Kier alpha value is -1.56. The van der Waals surface area contributed by atoms with Crippen LogP contribution in [0.2, 0.25) is 0 Å². The smallest absolute Gasteiger partial charge is 0.255 e. The zero-order chi connectivity index (χ0) is 18.0. The van der Waals surface area contributed by atoms with Crippen LogP contribution in [0.5, 0.6) is 0 Å². The maximum Gasteiger partial charge on any atom is 0.255 e. The zero-order valence-electron chi connectivity index (χ0n) is 16.2. The SMILES string of the molecule is Cc1cc(C(=O)N2CCCC(C(C)N)C2)c(C)n1Cc1ccccn1.Cl.Cl. The summed E-state index contributed by atoms with van der Waals surface area (Å²) in [4.78, 5) is 19.4. The third kappa shape index (κ3) is 5.24. The Bertz CT molecular complexity index is 746. The molecule has 0 radical (unpaired) electrons. The van der Waals surface area contributed by atoms with E-state index in [9.17, 15) is 4.79 Å². The number of aryl methyl sites for hydroxylation is 1. The quantitative estimate of drug-likeness (QED) is 0.833. The van der Waals surface area contributed by atoms with Gasteiger partial charge in [-0.25, -0.2) is 0 Å². The van der Waals surface area contributed by atoms with Crippen molar-refractivity contribution in [1.82, 2.24) is 14.5 Å². The number of hydrogen-bond acceptors (Lipinski definition) is 3. The zero-order valence-corrected chi connectivity index (χ0v) is 17.9. The number of likely N-dealkylation sites (tertiary alicyclic amines) is 1. The Morgan fingerprint density at radius 2 is 2.07 bits per heavy atom. The van der Waals surface area contributed by atoms with E-state index >= 15 is 0 Å². The molecule has 5 nitrogen and oxygen atoms in total. The second-order valence-corrected chi connectivity index (χ2v) is 7.20. The number of nitrogens with zero attached hydrogens (tertiary/aromatic N) is 3. The largest absolute Gasteiger partial charge is 0.342 e. The highest BCUT2D eigenvalue weighted by Gasteiger charge is 2.28. The normalized spacial score (nSPS) is 17.6. The van der Waals surface area contributed by atoms with Gasteiger partial charge in [0, 0.05) is 36.7 Å². The highest BCUT2D eigenvalue weighted by Crippen LogP contribution is 2.23. The summed E-state index contributed by atoms with van der Waals surface area (Å²) in [5.74, 6) is 0.528. The molecular formula is C20H30Cl2N4O. The molecule has 0 aromatic carbocycles. The summed E-state index contributed by atoms with van der Waals surface area (Å²) < 4.78 is 2.17. The van der Waals surface area contributed by atoms with E-state index in [0.717, 1.165) is 48.6 Å². The van der Waals surface area contributed by atoms with Crippen molar-refractivity contribution in [3.8, 4) is 0 Å². The molecule has 1 fully saturated rings. The Kier molecular flexibility index (Phi) is 8.79. The monoisotopic (exact) mass is 412 g/mol. The summed E-state index contributed by atoms with van der Waals surface area (Å²) in [6.45, 7) is 8.39. The van der Waals surface area contributed by atoms with Gasteiger partial charge in [-0.3, -0.25) is 9.78 Å². The first-order valence-corrected chi connectivity index (χ1v) is 9.09. The molecule has 27 heavy (non-hydrogen) atoms. The molecule has 1 aliphatic heterocycles. The van der Waals surface area contributed by atoms with Crippen LogP contribution in [-0.4, -0.2) is 39.5 Å². The van der Waals surface area contributed by atoms with Crippen molar-refractivity contribution in [3.05, 3.63) is 53.1 Å². The lowest BCUT2D eigenvalue weighted by atomic mass is 9.92. The fourth-order valence-electron chi connectivity index (χ4n) is 3.71. The molecule has 2 N–H and O–H groups in total. The second-order valence-electron chi connectivity index (χ2n) is 7.20. The summed E-state index contributed by atoms with van der Waals surface area (Å²) in [5, 5.41) is 0. The number of halogens is 2. The van der Waals surface area contributed by atoms with Crippen molar-refractivity contribution in [2.75, 3.05) is 13.1 Å². The van der Waals surface area contributed by atoms with Gasteiger partial charge in [0.15, 0.2) is 0 Å². The van der Waals surface area contributed by atoms with Crippen LogP contribution in [0.25, 0.3) is 0 Å². The lowest BCUT2D eigenvalue weighted by Gasteiger charge is -2.34. The van der Waals surface area contributed by atoms with E-state index in [1.807, 2.05) is 49.9 Å². The summed E-state index contributed by atoms with van der Waals surface area (Å²) in [6.07, 6.45) is 3.95. The van der Waals surface area contributed by atoms with E-state index < -0.39 is 0 Å². The van der Waals surface area contributed by atoms with E-state index in [1.54, 1.807) is 6.20 Å². The molecule has 150 valence electrons. The fraction of sp³-hybridized carbons (Fsp3) is 0.500. The van der Waals surface area contributed by atoms with E-state index in [4.69, 9.17) is 5.73 Å². The molecule has 0 bridgehead atoms. The highest BCUT2D eigenvalue weighted by molar-refractivity contribution is 5.95. The third-order valence-electron chi connectivity index (χ3n) is 5.34. The lowest BCUT2D eigenvalue weighted by Crippen LogP contribution is -2.45. The Labute approximate surface area is 174 Å². The van der Waals surface area contributed by atoms with Gasteiger partial charge < -0.3 is 15.2 Å². The predicted octanol–water partition coefficient (Wildman–Crippen LogP) is 3.59. The van der Waals surface area contributed by atoms with E-state index in [2.05, 4.69) is 9.55 Å². The lowest BCUT2D eigenvalue weighted by molar-refractivity contribution is 0.0660. The number of rotatable bonds is 4. The number of piperidine rings is 1. The summed E-state index contributed by atoms with van der Waals surface area (Å²) in [7, 11) is 0. The van der Waals surface area contributed by atoms with Crippen LogP contribution in [0.15, 0.2) is 30.5 Å². The molecule has 1 saturated heterocycles. The van der Waals surface area contributed by atoms with Crippen LogP contribution < -0.4 is 5.73 Å². The number of hydrogen-bond donors (Lipinski definition) is 1. The van der Waals surface area contributed by atoms with Gasteiger partial charge in [0.25, 0.3) is 5.91 Å². The van der Waals surface area contributed by atoms with Crippen LogP contribution in [0.1, 0.15) is 47.2 Å². The molecule has 2 aromatic heterocycles. The van der Waals surface area contributed by atoms with Crippen LogP contribution in [0, 0.1) is 19.8 Å². The molecule has 3 rings (SSSR count). The van der Waals surface area contributed by atoms with Crippen LogP contribution >= 0.6 is 24.8 Å². The van der Waals surface area contributed by atoms with Gasteiger partial charge >= 0.3 is 0 Å². The molecular weight excluding hydrogens is 383 g/mol. The standard InChI is InChI=1S/C20H28N4O.2ClH/c1-14-11-19(16(3)24(14)13-18-8-4-5-9-22-18)20(25)23-10-6-7-17(12-23)15(2)21;;/h4-5,8-9,11,15,17H,6-7,10,12-13,21H2,1-3H3;2*1H. The Morgan fingerprint density at radius 1 is 1.33 bits per heavy atom. The third-order valence-corrected chi connectivity index (χ3v) is 5.34. The number of pyridine rings is 1. The van der Waals surface area contributed by atoms with Gasteiger partial charge in [-0.2, -0.15) is 0 Å². The molecule has 2 atom stereocenters. The average molecular weight is 413 g/mol. The minimum absolute atomic E-state index is 0. The summed E-state index contributed by atoms with van der Waals surface area (Å²) >= 11 is 0. The minimum atomic E-state index is 0. The molecule has 1 aliphatic rings. The van der Waals surface area contributed by atoms with Crippen LogP contribution in [-0.2, 0) is 6.54 Å². The number of carbonyl (C=O) groups excluding carboxylic acids is 1. The maximum atomic E-state index is 13.1. The molecule has 2 aromatic rings. The van der Waals surface area contributed by atoms with E-state index in [0.29, 0.717) is 12.5 Å². The van der Waals surface area contributed by atoms with Crippen molar-refractivity contribution in [1.29, 1.82) is 0 Å². The first-order valence-electron chi connectivity index (χ1n) is 9.09. The number of carbonyl (C=O) groups is 1. The molecule has 1 amide bonds. The number of amides is 1. The van der Waals surface area contributed by atoms with Gasteiger partial charge in [-0.05, 0) is 57.7 Å². The first kappa shape index (κ1) is 23.5. The molecule has 0 spiro atoms. The van der Waals surface area contributed by atoms with Crippen molar-refractivity contribution in [3.63, 3.8) is 0 Å². The second kappa shape index (κ2) is 10.1. The Balaban J connectivity index is 0.00000182. The van der Waals surface area contributed by atoms with Crippen molar-refractivity contribution in [2.45, 2.75) is 46.2 Å². The van der Waals surface area contributed by atoms with Gasteiger partial charge in [0.1, 0.15) is 0 Å². The molecule has 0 aliphatic carbocycles. The van der Waals surface area contributed by atoms with Gasteiger partial charge in [0.05, 0.1) is 17.8 Å². The first-order chi connectivity index (χ1) is 12.0. The summed E-state index contributed by atoms with van der Waals surface area (Å²) in [6, 6.07) is 8.06. The number of nitrogens with two attached hydrogens (primary N) is 1. The van der Waals surface area contributed by atoms with Gasteiger partial charge in [0.2, 0.25) is 0 Å². The van der Waals surface area contributed by atoms with Gasteiger partial charge in [-0.15, -0.1) is 24.8 Å². The van der Waals surface area contributed by atoms with Crippen LogP contribution in [0.4, 0.5) is 0 Å². The highest BCUT2D eigenvalue weighted by atomic mass is 35.5. The fourth-order valence-corrected chi connectivity index (χ4v) is 3.71. The molecule has 2 unspecified atom stereocenters. The number of aromatic nitrogens is 2.